The Hall–Kier alpha value is -1.49. The summed E-state index contributed by atoms with van der Waals surface area (Å²) in [5.41, 5.74) is 2.47. The second-order valence-corrected chi connectivity index (χ2v) is 2.36. The number of ether oxygens (including phenoxy) is 1. The molecule has 0 aromatic heterocycles. The van der Waals surface area contributed by atoms with Crippen LogP contribution in [0.4, 0.5) is 0 Å². The Morgan fingerprint density at radius 1 is 1.77 bits per heavy atom. The fourth-order valence-corrected chi connectivity index (χ4v) is 0.782. The van der Waals surface area contributed by atoms with Gasteiger partial charge in [-0.15, -0.1) is 0 Å². The number of carbonyl (C=O) groups is 1. The zero-order valence-corrected chi connectivity index (χ0v) is 7.37. The van der Waals surface area contributed by atoms with Crippen molar-refractivity contribution < 1.29 is 14.4 Å². The Kier molecular flexibility index (Phi) is 3.84. The molecule has 5 heteroatoms. The lowest BCUT2D eigenvalue weighted by atomic mass is 10.4. The van der Waals surface area contributed by atoms with E-state index in [1.165, 1.54) is 0 Å². The lowest BCUT2D eigenvalue weighted by Gasteiger charge is -2.11. The molecule has 1 rings (SSSR count). The van der Waals surface area contributed by atoms with Crippen LogP contribution in [0.1, 0.15) is 0 Å². The molecule has 2 N–H and O–H groups in total. The maximum Gasteiger partial charge on any atom is 0.289 e. The van der Waals surface area contributed by atoms with Gasteiger partial charge in [0.05, 0.1) is 6.61 Å². The molecule has 72 valence electrons. The highest BCUT2D eigenvalue weighted by atomic mass is 16.7. The molecule has 1 heterocycles. The van der Waals surface area contributed by atoms with Crippen LogP contribution >= 0.6 is 0 Å². The Bertz CT molecular complexity index is 236. The van der Waals surface area contributed by atoms with E-state index >= 15 is 0 Å². The van der Waals surface area contributed by atoms with Crippen LogP contribution < -0.4 is 10.8 Å². The first kappa shape index (κ1) is 9.60. The average Bonchev–Trinajstić information content (AvgIpc) is 2.19. The summed E-state index contributed by atoms with van der Waals surface area (Å²) in [7, 11) is 1.58. The maximum atomic E-state index is 11.2. The number of rotatable bonds is 4. The third-order valence-electron chi connectivity index (χ3n) is 1.40. The molecule has 0 spiro atoms. The zero-order chi connectivity index (χ0) is 9.52. The molecule has 1 aliphatic heterocycles. The van der Waals surface area contributed by atoms with Crippen molar-refractivity contribution in [1.29, 1.82) is 0 Å². The highest BCUT2D eigenvalue weighted by Gasteiger charge is 2.10. The van der Waals surface area contributed by atoms with Crippen molar-refractivity contribution in [3.8, 4) is 0 Å². The van der Waals surface area contributed by atoms with Gasteiger partial charge < -0.3 is 14.9 Å². The minimum Gasteiger partial charge on any atom is -0.383 e. The molecule has 0 saturated carbocycles. The van der Waals surface area contributed by atoms with Crippen LogP contribution in [0.25, 0.3) is 0 Å². The number of allylic oxidation sites excluding steroid dienone is 2. The van der Waals surface area contributed by atoms with Gasteiger partial charge in [0.1, 0.15) is 0 Å². The summed E-state index contributed by atoms with van der Waals surface area (Å²) in [4.78, 5) is 16.1. The zero-order valence-electron chi connectivity index (χ0n) is 7.37. The highest BCUT2D eigenvalue weighted by molar-refractivity contribution is 5.91. The Morgan fingerprint density at radius 3 is 3.23 bits per heavy atom. The first-order chi connectivity index (χ1) is 6.34. The van der Waals surface area contributed by atoms with E-state index in [4.69, 9.17) is 9.57 Å². The molecule has 0 radical (unpaired) electrons. The quantitative estimate of drug-likeness (QED) is 0.588. The third-order valence-corrected chi connectivity index (χ3v) is 1.40. The summed E-state index contributed by atoms with van der Waals surface area (Å²) in [6.45, 7) is 0.960. The number of amides is 1. The molecule has 0 aromatic carbocycles. The molecule has 5 nitrogen and oxygen atoms in total. The fourth-order valence-electron chi connectivity index (χ4n) is 0.782. The number of carbonyl (C=O) groups excluding carboxylic acids is 1. The van der Waals surface area contributed by atoms with Crippen molar-refractivity contribution in [2.75, 3.05) is 20.3 Å². The molecule has 0 atom stereocenters. The normalized spacial score (nSPS) is 14.1. The molecule has 0 bridgehead atoms. The average molecular weight is 184 g/mol. The van der Waals surface area contributed by atoms with Gasteiger partial charge >= 0.3 is 0 Å². The predicted molar refractivity (Wildman–Crippen MR) is 46.3 cm³/mol. The van der Waals surface area contributed by atoms with E-state index in [0.29, 0.717) is 13.2 Å². The molecule has 1 amide bonds. The van der Waals surface area contributed by atoms with Crippen LogP contribution in [0.3, 0.4) is 0 Å². The minimum absolute atomic E-state index is 0.249. The van der Waals surface area contributed by atoms with E-state index in [2.05, 4.69) is 10.8 Å². The van der Waals surface area contributed by atoms with Gasteiger partial charge in [-0.3, -0.25) is 4.79 Å². The molecule has 1 aliphatic rings. The Labute approximate surface area is 76.4 Å². The van der Waals surface area contributed by atoms with E-state index in [-0.39, 0.29) is 11.7 Å². The van der Waals surface area contributed by atoms with Gasteiger partial charge in [-0.25, -0.2) is 5.48 Å². The minimum atomic E-state index is -0.256. The van der Waals surface area contributed by atoms with E-state index in [9.17, 15) is 4.79 Å². The summed E-state index contributed by atoms with van der Waals surface area (Å²) >= 11 is 0. The van der Waals surface area contributed by atoms with Crippen LogP contribution in [-0.2, 0) is 14.4 Å². The molecule has 0 aliphatic carbocycles. The first-order valence-electron chi connectivity index (χ1n) is 3.91. The van der Waals surface area contributed by atoms with Crippen LogP contribution in [0.2, 0.25) is 0 Å². The van der Waals surface area contributed by atoms with Gasteiger partial charge in [-0.1, -0.05) is 0 Å². The molecule has 13 heavy (non-hydrogen) atoms. The molecule has 0 unspecified atom stereocenters. The van der Waals surface area contributed by atoms with Gasteiger partial charge in [0.2, 0.25) is 5.76 Å². The van der Waals surface area contributed by atoms with Crippen LogP contribution in [0, 0.1) is 0 Å². The van der Waals surface area contributed by atoms with E-state index < -0.39 is 0 Å². The van der Waals surface area contributed by atoms with E-state index in [1.807, 2.05) is 0 Å². The van der Waals surface area contributed by atoms with Crippen molar-refractivity contribution in [2.24, 2.45) is 0 Å². The monoisotopic (exact) mass is 184 g/mol. The summed E-state index contributed by atoms with van der Waals surface area (Å²) in [6, 6.07) is 0. The van der Waals surface area contributed by atoms with Crippen molar-refractivity contribution in [3.05, 3.63) is 24.1 Å². The van der Waals surface area contributed by atoms with Gasteiger partial charge in [-0.2, -0.15) is 0 Å². The predicted octanol–water partition coefficient (Wildman–Crippen LogP) is -0.319. The topological polar surface area (TPSA) is 59.6 Å². The summed E-state index contributed by atoms with van der Waals surface area (Å²) in [5, 5.41) is 2.62. The first-order valence-corrected chi connectivity index (χ1v) is 3.91. The summed E-state index contributed by atoms with van der Waals surface area (Å²) in [5.74, 6) is -0.00694. The fraction of sp³-hybridized carbons (Fsp3) is 0.375. The molecule has 0 fully saturated rings. The second-order valence-electron chi connectivity index (χ2n) is 2.36. The SMILES string of the molecule is COCCNC(=O)C1=CC=CNO1. The number of hydrogen-bond donors (Lipinski definition) is 2. The number of methoxy groups -OCH3 is 1. The van der Waals surface area contributed by atoms with Gasteiger partial charge in [0.25, 0.3) is 5.91 Å². The van der Waals surface area contributed by atoms with Gasteiger partial charge in [0, 0.05) is 19.9 Å². The number of hydroxylamine groups is 1. The Morgan fingerprint density at radius 2 is 2.62 bits per heavy atom. The van der Waals surface area contributed by atoms with Gasteiger partial charge in [0.15, 0.2) is 0 Å². The van der Waals surface area contributed by atoms with Crippen molar-refractivity contribution >= 4 is 5.91 Å². The number of hydrogen-bond acceptors (Lipinski definition) is 4. The van der Waals surface area contributed by atoms with Crippen molar-refractivity contribution in [1.82, 2.24) is 10.8 Å². The standard InChI is InChI=1S/C8H12N2O3/c1-12-6-5-9-8(11)7-3-2-4-10-13-7/h2-4,10H,5-6H2,1H3,(H,9,11). The van der Waals surface area contributed by atoms with Crippen molar-refractivity contribution in [3.63, 3.8) is 0 Å². The highest BCUT2D eigenvalue weighted by Crippen LogP contribution is 1.99. The lowest BCUT2D eigenvalue weighted by Crippen LogP contribution is -2.31. The van der Waals surface area contributed by atoms with E-state index in [1.54, 1.807) is 25.5 Å². The number of nitrogens with one attached hydrogen (secondary N) is 2. The maximum absolute atomic E-state index is 11.2. The molecule has 0 saturated heterocycles. The van der Waals surface area contributed by atoms with Crippen LogP contribution in [-0.4, -0.2) is 26.2 Å². The lowest BCUT2D eigenvalue weighted by molar-refractivity contribution is -0.122. The summed E-state index contributed by atoms with van der Waals surface area (Å²) in [6.07, 6.45) is 4.86. The molecule has 0 aromatic rings. The smallest absolute Gasteiger partial charge is 0.289 e. The van der Waals surface area contributed by atoms with Crippen LogP contribution in [0.5, 0.6) is 0 Å². The third kappa shape index (κ3) is 3.16. The Balaban J connectivity index is 2.30. The van der Waals surface area contributed by atoms with Gasteiger partial charge in [-0.05, 0) is 12.2 Å². The summed E-state index contributed by atoms with van der Waals surface area (Å²) < 4.78 is 4.77. The van der Waals surface area contributed by atoms with Crippen LogP contribution in [0.15, 0.2) is 24.1 Å². The second kappa shape index (κ2) is 5.21. The molecular weight excluding hydrogens is 172 g/mol. The largest absolute Gasteiger partial charge is 0.383 e. The molecular formula is C8H12N2O3. The van der Waals surface area contributed by atoms with E-state index in [0.717, 1.165) is 0 Å². The van der Waals surface area contributed by atoms with Crippen molar-refractivity contribution in [2.45, 2.75) is 0 Å².